The minimum Gasteiger partial charge on any atom is -0.444 e. The first-order valence-corrected chi connectivity index (χ1v) is 15.6. The molecule has 1 N–H and O–H groups in total. The maximum Gasteiger partial charge on any atom is 0.410 e. The SMILES string of the molecule is CC(C)(C)OC(=O)N1CCC2CN(C(c3cc4ncncc4s3)N3CCOC(c4cc(F)cc5[nH]ccc45)C3)CCC21. The Balaban J connectivity index is 1.17. The first-order valence-electron chi connectivity index (χ1n) is 14.8. The topological polar surface area (TPSA) is 86.8 Å². The van der Waals surface area contributed by atoms with Crippen LogP contribution in [0.15, 0.2) is 43.0 Å². The van der Waals surface area contributed by atoms with Crippen LogP contribution >= 0.6 is 11.3 Å². The van der Waals surface area contributed by atoms with E-state index < -0.39 is 5.60 Å². The van der Waals surface area contributed by atoms with Crippen LogP contribution in [0, 0.1) is 11.7 Å². The Morgan fingerprint density at radius 2 is 2.02 bits per heavy atom. The number of fused-ring (bicyclic) bond motifs is 3. The molecular weight excluding hydrogens is 555 g/mol. The van der Waals surface area contributed by atoms with Crippen molar-refractivity contribution in [2.45, 2.75) is 57.5 Å². The number of rotatable bonds is 4. The van der Waals surface area contributed by atoms with Gasteiger partial charge in [0, 0.05) is 66.9 Å². The highest BCUT2D eigenvalue weighted by molar-refractivity contribution is 7.19. The molecule has 42 heavy (non-hydrogen) atoms. The lowest BCUT2D eigenvalue weighted by Gasteiger charge is -2.47. The first-order chi connectivity index (χ1) is 20.2. The van der Waals surface area contributed by atoms with Gasteiger partial charge in [0.1, 0.15) is 17.7 Å². The van der Waals surface area contributed by atoms with E-state index in [0.717, 1.165) is 65.7 Å². The van der Waals surface area contributed by atoms with Crippen molar-refractivity contribution >= 4 is 38.5 Å². The molecule has 6 heterocycles. The van der Waals surface area contributed by atoms with Crippen molar-refractivity contribution in [3.63, 3.8) is 0 Å². The number of H-pyrrole nitrogens is 1. The summed E-state index contributed by atoms with van der Waals surface area (Å²) in [7, 11) is 0. The normalized spacial score (nSPS) is 24.8. The summed E-state index contributed by atoms with van der Waals surface area (Å²) in [4.78, 5) is 33.1. The second-order valence-electron chi connectivity index (χ2n) is 12.7. The molecule has 11 heteroatoms. The zero-order valence-electron chi connectivity index (χ0n) is 24.3. The highest BCUT2D eigenvalue weighted by Gasteiger charge is 2.45. The molecule has 3 aromatic heterocycles. The van der Waals surface area contributed by atoms with Gasteiger partial charge in [-0.25, -0.2) is 19.2 Å². The zero-order valence-corrected chi connectivity index (χ0v) is 25.1. The van der Waals surface area contributed by atoms with Gasteiger partial charge in [-0.1, -0.05) is 0 Å². The number of thiophene rings is 1. The smallest absolute Gasteiger partial charge is 0.410 e. The van der Waals surface area contributed by atoms with E-state index in [-0.39, 0.29) is 30.2 Å². The molecule has 1 aromatic carbocycles. The molecule has 7 rings (SSSR count). The van der Waals surface area contributed by atoms with Gasteiger partial charge in [0.2, 0.25) is 0 Å². The minimum atomic E-state index is -0.508. The van der Waals surface area contributed by atoms with Crippen LogP contribution in [0.4, 0.5) is 9.18 Å². The predicted octanol–water partition coefficient (Wildman–Crippen LogP) is 5.72. The van der Waals surface area contributed by atoms with Crippen molar-refractivity contribution < 1.29 is 18.7 Å². The largest absolute Gasteiger partial charge is 0.444 e. The Morgan fingerprint density at radius 1 is 1.17 bits per heavy atom. The summed E-state index contributed by atoms with van der Waals surface area (Å²) < 4.78 is 27.7. The van der Waals surface area contributed by atoms with Crippen molar-refractivity contribution in [3.05, 3.63) is 59.2 Å². The van der Waals surface area contributed by atoms with Crippen molar-refractivity contribution in [2.75, 3.05) is 39.3 Å². The van der Waals surface area contributed by atoms with Gasteiger partial charge in [-0.3, -0.25) is 9.80 Å². The number of piperidine rings is 1. The average Bonchev–Trinajstić information content (AvgIpc) is 3.70. The second kappa shape index (κ2) is 10.9. The number of likely N-dealkylation sites (tertiary alicyclic amines) is 2. The maximum atomic E-state index is 14.6. The third-order valence-corrected chi connectivity index (χ3v) is 9.86. The van der Waals surface area contributed by atoms with E-state index in [4.69, 9.17) is 9.47 Å². The lowest BCUT2D eigenvalue weighted by atomic mass is 9.92. The quantitative estimate of drug-likeness (QED) is 0.325. The summed E-state index contributed by atoms with van der Waals surface area (Å²) in [5.74, 6) is 0.112. The molecule has 3 aliphatic heterocycles. The van der Waals surface area contributed by atoms with E-state index in [1.807, 2.05) is 44.1 Å². The fourth-order valence-corrected chi connectivity index (χ4v) is 8.17. The molecule has 0 bridgehead atoms. The van der Waals surface area contributed by atoms with Crippen molar-refractivity contribution in [1.29, 1.82) is 0 Å². The Labute approximate surface area is 248 Å². The molecule has 1 amide bonds. The molecule has 0 saturated carbocycles. The van der Waals surface area contributed by atoms with Gasteiger partial charge in [-0.05, 0) is 69.4 Å². The Bertz CT molecular complexity index is 1570. The molecular formula is C31H37FN6O3S. The summed E-state index contributed by atoms with van der Waals surface area (Å²) in [5, 5.41) is 0.992. The molecule has 0 radical (unpaired) electrons. The van der Waals surface area contributed by atoms with Crippen LogP contribution in [0.25, 0.3) is 21.1 Å². The lowest BCUT2D eigenvalue weighted by molar-refractivity contribution is -0.0861. The molecule has 4 aromatic rings. The van der Waals surface area contributed by atoms with Gasteiger partial charge < -0.3 is 19.4 Å². The number of aromatic amines is 1. The molecule has 3 fully saturated rings. The number of ether oxygens (including phenoxy) is 2. The number of benzene rings is 1. The number of hydrogen-bond acceptors (Lipinski definition) is 8. The first kappa shape index (κ1) is 27.7. The molecule has 0 spiro atoms. The van der Waals surface area contributed by atoms with Crippen molar-refractivity contribution in [2.24, 2.45) is 5.92 Å². The Morgan fingerprint density at radius 3 is 2.86 bits per heavy atom. The molecule has 3 aliphatic rings. The van der Waals surface area contributed by atoms with Crippen LogP contribution in [-0.4, -0.2) is 86.7 Å². The monoisotopic (exact) mass is 592 g/mol. The summed E-state index contributed by atoms with van der Waals surface area (Å²) in [5.41, 5.74) is 2.10. The van der Waals surface area contributed by atoms with Gasteiger partial charge in [-0.15, -0.1) is 11.3 Å². The highest BCUT2D eigenvalue weighted by Crippen LogP contribution is 2.41. The summed E-state index contributed by atoms with van der Waals surface area (Å²) in [6, 6.07) is 7.53. The molecule has 4 atom stereocenters. The van der Waals surface area contributed by atoms with Gasteiger partial charge in [0.15, 0.2) is 0 Å². The van der Waals surface area contributed by atoms with Gasteiger partial charge >= 0.3 is 6.09 Å². The number of nitrogens with one attached hydrogen (secondary N) is 1. The molecule has 3 saturated heterocycles. The van der Waals surface area contributed by atoms with Crippen LogP contribution in [0.1, 0.15) is 56.3 Å². The number of hydrogen-bond donors (Lipinski definition) is 1. The number of aromatic nitrogens is 3. The minimum absolute atomic E-state index is 0.0161. The predicted molar refractivity (Wildman–Crippen MR) is 160 cm³/mol. The molecule has 0 aliphatic carbocycles. The Kier molecular flexibility index (Phi) is 7.16. The maximum absolute atomic E-state index is 14.6. The number of halogens is 1. The fraction of sp³-hybridized carbons (Fsp3) is 0.516. The average molecular weight is 593 g/mol. The van der Waals surface area contributed by atoms with Gasteiger partial charge in [-0.2, -0.15) is 0 Å². The number of morpholine rings is 1. The van der Waals surface area contributed by atoms with Crippen LogP contribution in [-0.2, 0) is 9.47 Å². The number of carbonyl (C=O) groups excluding carboxylic acids is 1. The van der Waals surface area contributed by atoms with Crippen molar-refractivity contribution in [3.8, 4) is 0 Å². The number of carbonyl (C=O) groups is 1. The van der Waals surface area contributed by atoms with Crippen molar-refractivity contribution in [1.82, 2.24) is 29.7 Å². The summed E-state index contributed by atoms with van der Waals surface area (Å²) in [6.45, 7) is 10.2. The summed E-state index contributed by atoms with van der Waals surface area (Å²) >= 11 is 1.73. The zero-order chi connectivity index (χ0) is 29.0. The van der Waals surface area contributed by atoms with Gasteiger partial charge in [0.05, 0.1) is 29.1 Å². The third-order valence-electron chi connectivity index (χ3n) is 8.77. The van der Waals surface area contributed by atoms with Crippen LogP contribution < -0.4 is 0 Å². The van der Waals surface area contributed by atoms with E-state index in [0.29, 0.717) is 19.1 Å². The van der Waals surface area contributed by atoms with E-state index >= 15 is 0 Å². The summed E-state index contributed by atoms with van der Waals surface area (Å²) in [6.07, 6.45) is 6.75. The van der Waals surface area contributed by atoms with Crippen LogP contribution in [0.3, 0.4) is 0 Å². The molecule has 9 nitrogen and oxygen atoms in total. The van der Waals surface area contributed by atoms with E-state index in [2.05, 4.69) is 30.8 Å². The standard InChI is InChI=1S/C31H37FN6O3S/c1-31(2,3)41-30(39)38-9-5-19-16-36(8-6-25(19)38)29(27-14-24-28(42-27)15-33-18-35-24)37-10-11-40-26(17-37)22-12-20(32)13-23-21(22)4-7-34-23/h4,7,12-15,18-19,25-26,29,34H,5-6,8-11,16-17H2,1-3H3. The number of nitrogens with zero attached hydrogens (tertiary/aromatic N) is 5. The fourth-order valence-electron chi connectivity index (χ4n) is 7.01. The van der Waals surface area contributed by atoms with E-state index in [9.17, 15) is 9.18 Å². The lowest BCUT2D eigenvalue weighted by Crippen LogP contribution is -2.53. The molecule has 222 valence electrons. The van der Waals surface area contributed by atoms with E-state index in [1.54, 1.807) is 23.7 Å². The van der Waals surface area contributed by atoms with E-state index in [1.165, 1.54) is 10.9 Å². The Hall–Kier alpha value is -3.12. The van der Waals surface area contributed by atoms with Crippen LogP contribution in [0.2, 0.25) is 0 Å². The highest BCUT2D eigenvalue weighted by atomic mass is 32.1. The second-order valence-corrected chi connectivity index (χ2v) is 13.8. The number of amides is 1. The van der Waals surface area contributed by atoms with Crippen LogP contribution in [0.5, 0.6) is 0 Å². The third kappa shape index (κ3) is 5.27. The van der Waals surface area contributed by atoms with Gasteiger partial charge in [0.25, 0.3) is 0 Å². The molecule has 4 unspecified atom stereocenters.